The Morgan fingerprint density at radius 1 is 1.39 bits per heavy atom. The second-order valence-corrected chi connectivity index (χ2v) is 5.57. The molecule has 3 unspecified atom stereocenters. The summed E-state index contributed by atoms with van der Waals surface area (Å²) >= 11 is 0. The smallest absolute Gasteiger partial charge is 0.237 e. The molecule has 3 atom stereocenters. The van der Waals surface area contributed by atoms with Gasteiger partial charge in [0.1, 0.15) is 0 Å². The van der Waals surface area contributed by atoms with Crippen molar-refractivity contribution >= 4 is 5.91 Å². The molecule has 0 saturated carbocycles. The third-order valence-electron chi connectivity index (χ3n) is 4.38. The van der Waals surface area contributed by atoms with Gasteiger partial charge >= 0.3 is 0 Å². The predicted octanol–water partition coefficient (Wildman–Crippen LogP) is 1.12. The van der Waals surface area contributed by atoms with Crippen molar-refractivity contribution in [1.82, 2.24) is 15.5 Å². The van der Waals surface area contributed by atoms with Crippen molar-refractivity contribution in [3.63, 3.8) is 0 Å². The normalized spacial score (nSPS) is 31.2. The maximum absolute atomic E-state index is 12.0. The molecule has 104 valence electrons. The lowest BCUT2D eigenvalue weighted by Gasteiger charge is -2.42. The lowest BCUT2D eigenvalue weighted by atomic mass is 9.93. The summed E-state index contributed by atoms with van der Waals surface area (Å²) < 4.78 is 0. The highest BCUT2D eigenvalue weighted by atomic mass is 16.2. The molecular formula is C14H27N3O. The van der Waals surface area contributed by atoms with Gasteiger partial charge in [0.25, 0.3) is 0 Å². The summed E-state index contributed by atoms with van der Waals surface area (Å²) in [6, 6.07) is 1.17. The molecule has 2 fully saturated rings. The zero-order valence-corrected chi connectivity index (χ0v) is 11.7. The molecule has 2 aliphatic heterocycles. The van der Waals surface area contributed by atoms with Crippen LogP contribution in [0.3, 0.4) is 0 Å². The summed E-state index contributed by atoms with van der Waals surface area (Å²) in [5, 5.41) is 6.56. The van der Waals surface area contributed by atoms with Gasteiger partial charge in [-0.3, -0.25) is 9.69 Å². The van der Waals surface area contributed by atoms with Crippen LogP contribution in [0.5, 0.6) is 0 Å². The maximum atomic E-state index is 12.0. The highest BCUT2D eigenvalue weighted by Crippen LogP contribution is 2.26. The summed E-state index contributed by atoms with van der Waals surface area (Å²) in [7, 11) is 0. The topological polar surface area (TPSA) is 44.4 Å². The fraction of sp³-hybridized carbons (Fsp3) is 0.929. The van der Waals surface area contributed by atoms with Crippen molar-refractivity contribution in [3.8, 4) is 0 Å². The van der Waals surface area contributed by atoms with Gasteiger partial charge in [-0.15, -0.1) is 0 Å². The first kappa shape index (κ1) is 13.8. The van der Waals surface area contributed by atoms with E-state index in [4.69, 9.17) is 0 Å². The van der Waals surface area contributed by atoms with Gasteiger partial charge in [0.2, 0.25) is 5.91 Å². The number of carbonyl (C=O) groups excluding carboxylic acids is 1. The highest BCUT2D eigenvalue weighted by molar-refractivity contribution is 5.81. The molecular weight excluding hydrogens is 226 g/mol. The molecule has 2 heterocycles. The van der Waals surface area contributed by atoms with Gasteiger partial charge in [-0.1, -0.05) is 6.42 Å². The van der Waals surface area contributed by atoms with E-state index in [9.17, 15) is 4.79 Å². The summed E-state index contributed by atoms with van der Waals surface area (Å²) in [6.45, 7) is 6.98. The average Bonchev–Trinajstić information content (AvgIpc) is 2.92. The van der Waals surface area contributed by atoms with E-state index in [-0.39, 0.29) is 11.9 Å². The third kappa shape index (κ3) is 3.04. The largest absolute Gasteiger partial charge is 0.355 e. The number of hydrogen-bond acceptors (Lipinski definition) is 3. The molecule has 2 aliphatic rings. The molecule has 2 N–H and O–H groups in total. The van der Waals surface area contributed by atoms with Crippen molar-refractivity contribution in [2.45, 2.75) is 64.1 Å². The van der Waals surface area contributed by atoms with E-state index >= 15 is 0 Å². The second-order valence-electron chi connectivity index (χ2n) is 5.57. The van der Waals surface area contributed by atoms with Crippen molar-refractivity contribution in [2.75, 3.05) is 19.6 Å². The fourth-order valence-electron chi connectivity index (χ4n) is 3.41. The van der Waals surface area contributed by atoms with Crippen molar-refractivity contribution in [2.24, 2.45) is 0 Å². The van der Waals surface area contributed by atoms with E-state index in [0.717, 1.165) is 19.6 Å². The first-order valence-electron chi connectivity index (χ1n) is 7.51. The number of carbonyl (C=O) groups is 1. The lowest BCUT2D eigenvalue weighted by molar-refractivity contribution is -0.127. The molecule has 4 heteroatoms. The second kappa shape index (κ2) is 6.53. The molecule has 0 radical (unpaired) electrons. The standard InChI is InChI=1S/C14H27N3O/c1-3-15-14(18)11(2)17-10-5-4-8-13(17)12-7-6-9-16-12/h11-13,16H,3-10H2,1-2H3,(H,15,18). The Kier molecular flexibility index (Phi) is 5.01. The van der Waals surface area contributed by atoms with E-state index < -0.39 is 0 Å². The Morgan fingerprint density at radius 3 is 2.89 bits per heavy atom. The van der Waals surface area contributed by atoms with Gasteiger partial charge in [-0.25, -0.2) is 0 Å². The Hall–Kier alpha value is -0.610. The number of likely N-dealkylation sites (N-methyl/N-ethyl adjacent to an activating group) is 1. The summed E-state index contributed by atoms with van der Waals surface area (Å²) in [5.74, 6) is 0.183. The van der Waals surface area contributed by atoms with Gasteiger partial charge in [-0.05, 0) is 52.6 Å². The molecule has 2 rings (SSSR count). The summed E-state index contributed by atoms with van der Waals surface area (Å²) in [5.41, 5.74) is 0. The Morgan fingerprint density at radius 2 is 2.22 bits per heavy atom. The minimum absolute atomic E-state index is 0.0117. The summed E-state index contributed by atoms with van der Waals surface area (Å²) in [4.78, 5) is 14.5. The van der Waals surface area contributed by atoms with E-state index in [1.807, 2.05) is 6.92 Å². The molecule has 2 saturated heterocycles. The van der Waals surface area contributed by atoms with Crippen LogP contribution in [0, 0.1) is 0 Å². The van der Waals surface area contributed by atoms with Crippen molar-refractivity contribution < 1.29 is 4.79 Å². The Labute approximate surface area is 110 Å². The number of nitrogens with one attached hydrogen (secondary N) is 2. The summed E-state index contributed by atoms with van der Waals surface area (Å²) in [6.07, 6.45) is 6.32. The van der Waals surface area contributed by atoms with Crippen LogP contribution >= 0.6 is 0 Å². The van der Waals surface area contributed by atoms with Crippen LogP contribution in [0.4, 0.5) is 0 Å². The molecule has 1 amide bonds. The minimum Gasteiger partial charge on any atom is -0.355 e. The number of hydrogen-bond donors (Lipinski definition) is 2. The van der Waals surface area contributed by atoms with Crippen molar-refractivity contribution in [3.05, 3.63) is 0 Å². The van der Waals surface area contributed by atoms with Crippen LogP contribution in [0.1, 0.15) is 46.0 Å². The van der Waals surface area contributed by atoms with Gasteiger partial charge in [0, 0.05) is 18.6 Å². The lowest BCUT2D eigenvalue weighted by Crippen LogP contribution is -2.57. The fourth-order valence-corrected chi connectivity index (χ4v) is 3.41. The molecule has 0 aliphatic carbocycles. The molecule has 4 nitrogen and oxygen atoms in total. The molecule has 18 heavy (non-hydrogen) atoms. The zero-order valence-electron chi connectivity index (χ0n) is 11.7. The van der Waals surface area contributed by atoms with Gasteiger partial charge < -0.3 is 10.6 Å². The van der Waals surface area contributed by atoms with E-state index in [0.29, 0.717) is 12.1 Å². The monoisotopic (exact) mass is 253 g/mol. The zero-order chi connectivity index (χ0) is 13.0. The Balaban J connectivity index is 2.00. The quantitative estimate of drug-likeness (QED) is 0.789. The molecule has 0 bridgehead atoms. The highest BCUT2D eigenvalue weighted by Gasteiger charge is 2.35. The third-order valence-corrected chi connectivity index (χ3v) is 4.38. The van der Waals surface area contributed by atoms with Crippen molar-refractivity contribution in [1.29, 1.82) is 0 Å². The van der Waals surface area contributed by atoms with Gasteiger partial charge in [0.05, 0.1) is 6.04 Å². The van der Waals surface area contributed by atoms with Gasteiger partial charge in [-0.2, -0.15) is 0 Å². The number of nitrogens with zero attached hydrogens (tertiary/aromatic N) is 1. The van der Waals surface area contributed by atoms with Crippen LogP contribution < -0.4 is 10.6 Å². The van der Waals surface area contributed by atoms with Crippen LogP contribution in [0.25, 0.3) is 0 Å². The first-order valence-corrected chi connectivity index (χ1v) is 7.51. The number of rotatable bonds is 4. The Bertz CT molecular complexity index is 276. The maximum Gasteiger partial charge on any atom is 0.237 e. The molecule has 0 aromatic carbocycles. The number of piperidine rings is 1. The number of amides is 1. The van der Waals surface area contributed by atoms with Crippen LogP contribution in [0.2, 0.25) is 0 Å². The average molecular weight is 253 g/mol. The molecule has 0 spiro atoms. The number of likely N-dealkylation sites (tertiary alicyclic amines) is 1. The van der Waals surface area contributed by atoms with Crippen LogP contribution in [-0.4, -0.2) is 48.6 Å². The molecule has 0 aromatic heterocycles. The van der Waals surface area contributed by atoms with E-state index in [2.05, 4.69) is 22.5 Å². The van der Waals surface area contributed by atoms with E-state index in [1.165, 1.54) is 32.1 Å². The SMILES string of the molecule is CCNC(=O)C(C)N1CCCCC1C1CCCN1. The van der Waals surface area contributed by atoms with E-state index in [1.54, 1.807) is 0 Å². The first-order chi connectivity index (χ1) is 8.74. The van der Waals surface area contributed by atoms with Crippen LogP contribution in [0.15, 0.2) is 0 Å². The molecule has 0 aromatic rings. The predicted molar refractivity (Wildman–Crippen MR) is 73.5 cm³/mol. The minimum atomic E-state index is 0.0117. The van der Waals surface area contributed by atoms with Gasteiger partial charge in [0.15, 0.2) is 0 Å². The van der Waals surface area contributed by atoms with Crippen LogP contribution in [-0.2, 0) is 4.79 Å².